The molecule has 158 valence electrons. The number of aliphatic hydroxyl groups is 1. The van der Waals surface area contributed by atoms with Crippen LogP contribution >= 0.6 is 0 Å². The largest absolute Gasteiger partial charge is 0.494 e. The molecule has 0 radical (unpaired) electrons. The molecule has 1 aromatic carbocycles. The maximum absolute atomic E-state index is 8.85. The highest BCUT2D eigenvalue weighted by Gasteiger charge is 2.31. The van der Waals surface area contributed by atoms with Crippen LogP contribution in [-0.2, 0) is 0 Å². The Balaban J connectivity index is 1.38. The molecule has 1 aromatic rings. The number of benzene rings is 1. The Morgan fingerprint density at radius 3 is 2.07 bits per heavy atom. The topological polar surface area (TPSA) is 29.5 Å². The van der Waals surface area contributed by atoms with Crippen molar-refractivity contribution in [3.63, 3.8) is 0 Å². The maximum atomic E-state index is 8.85. The lowest BCUT2D eigenvalue weighted by molar-refractivity contribution is 0.155. The van der Waals surface area contributed by atoms with E-state index in [4.69, 9.17) is 9.84 Å². The summed E-state index contributed by atoms with van der Waals surface area (Å²) in [6.45, 7) is 3.11. The molecule has 0 amide bonds. The van der Waals surface area contributed by atoms with E-state index in [9.17, 15) is 0 Å². The van der Waals surface area contributed by atoms with Gasteiger partial charge in [-0.1, -0.05) is 57.6 Å². The van der Waals surface area contributed by atoms with Crippen LogP contribution in [0.1, 0.15) is 102 Å². The molecule has 0 heterocycles. The van der Waals surface area contributed by atoms with Gasteiger partial charge in [0.15, 0.2) is 0 Å². The fourth-order valence-corrected chi connectivity index (χ4v) is 5.65. The first-order valence-electron chi connectivity index (χ1n) is 12.1. The molecule has 2 nitrogen and oxygen atoms in total. The van der Waals surface area contributed by atoms with Crippen LogP contribution in [0.25, 0.3) is 0 Å². The van der Waals surface area contributed by atoms with Gasteiger partial charge in [0, 0.05) is 13.0 Å². The van der Waals surface area contributed by atoms with Crippen molar-refractivity contribution in [2.24, 2.45) is 17.8 Å². The standard InChI is InChI=1S/C26H42O2/c1-2-3-4-6-21-7-9-22(10-8-21)23-11-13-24(14-12-23)25-15-17-26(18-16-25)28-20-5-19-27/h15-18,21-24,27H,2-14,19-20H2,1H3. The lowest BCUT2D eigenvalue weighted by Gasteiger charge is -2.38. The molecule has 1 N–H and O–H groups in total. The molecule has 0 spiro atoms. The quantitative estimate of drug-likeness (QED) is 0.434. The Bertz CT molecular complexity index is 522. The zero-order chi connectivity index (χ0) is 19.6. The molecule has 0 aromatic heterocycles. The van der Waals surface area contributed by atoms with Crippen LogP contribution < -0.4 is 4.74 Å². The van der Waals surface area contributed by atoms with Gasteiger partial charge in [-0.2, -0.15) is 0 Å². The molecule has 0 unspecified atom stereocenters. The summed E-state index contributed by atoms with van der Waals surface area (Å²) in [6, 6.07) is 8.75. The average molecular weight is 387 g/mol. The maximum Gasteiger partial charge on any atom is 0.119 e. The highest BCUT2D eigenvalue weighted by atomic mass is 16.5. The molecule has 3 rings (SSSR count). The predicted octanol–water partition coefficient (Wildman–Crippen LogP) is 7.11. The summed E-state index contributed by atoms with van der Waals surface area (Å²) in [5.41, 5.74) is 1.49. The van der Waals surface area contributed by atoms with Crippen LogP contribution in [-0.4, -0.2) is 18.3 Å². The van der Waals surface area contributed by atoms with Gasteiger partial charge in [0.25, 0.3) is 0 Å². The van der Waals surface area contributed by atoms with E-state index in [1.165, 1.54) is 82.6 Å². The minimum absolute atomic E-state index is 0.196. The molecular formula is C26H42O2. The smallest absolute Gasteiger partial charge is 0.119 e. The fraction of sp³-hybridized carbons (Fsp3) is 0.769. The highest BCUT2D eigenvalue weighted by molar-refractivity contribution is 5.29. The van der Waals surface area contributed by atoms with Gasteiger partial charge in [-0.3, -0.25) is 0 Å². The number of hydrogen-bond donors (Lipinski definition) is 1. The Hall–Kier alpha value is -1.02. The molecule has 2 heteroatoms. The molecule has 0 aliphatic heterocycles. The van der Waals surface area contributed by atoms with E-state index in [0.29, 0.717) is 13.0 Å². The summed E-state index contributed by atoms with van der Waals surface area (Å²) in [7, 11) is 0. The van der Waals surface area contributed by atoms with Crippen molar-refractivity contribution < 1.29 is 9.84 Å². The molecule has 2 aliphatic carbocycles. The van der Waals surface area contributed by atoms with E-state index in [-0.39, 0.29) is 6.61 Å². The second-order valence-corrected chi connectivity index (χ2v) is 9.38. The van der Waals surface area contributed by atoms with Crippen molar-refractivity contribution in [3.8, 4) is 5.75 Å². The van der Waals surface area contributed by atoms with Gasteiger partial charge < -0.3 is 9.84 Å². The van der Waals surface area contributed by atoms with E-state index in [1.807, 2.05) is 0 Å². The summed E-state index contributed by atoms with van der Waals surface area (Å²) < 4.78 is 5.66. The van der Waals surface area contributed by atoms with Crippen molar-refractivity contribution in [3.05, 3.63) is 29.8 Å². The molecule has 2 fully saturated rings. The summed E-state index contributed by atoms with van der Waals surface area (Å²) in [4.78, 5) is 0. The first kappa shape index (κ1) is 21.7. The number of unbranched alkanes of at least 4 members (excludes halogenated alkanes) is 2. The van der Waals surface area contributed by atoms with Gasteiger partial charge in [0.2, 0.25) is 0 Å². The molecular weight excluding hydrogens is 344 g/mol. The van der Waals surface area contributed by atoms with Crippen LogP contribution in [0.2, 0.25) is 0 Å². The van der Waals surface area contributed by atoms with Gasteiger partial charge in [-0.25, -0.2) is 0 Å². The van der Waals surface area contributed by atoms with Gasteiger partial charge in [-0.05, 0) is 79.9 Å². The average Bonchev–Trinajstić information content (AvgIpc) is 2.75. The van der Waals surface area contributed by atoms with E-state index in [0.717, 1.165) is 29.4 Å². The number of rotatable bonds is 10. The highest BCUT2D eigenvalue weighted by Crippen LogP contribution is 2.44. The van der Waals surface area contributed by atoms with Crippen LogP contribution in [0.3, 0.4) is 0 Å². The first-order chi connectivity index (χ1) is 13.8. The normalized spacial score (nSPS) is 28.2. The van der Waals surface area contributed by atoms with E-state index in [1.54, 1.807) is 0 Å². The van der Waals surface area contributed by atoms with Crippen molar-refractivity contribution >= 4 is 0 Å². The summed E-state index contributed by atoms with van der Waals surface area (Å²) in [5, 5.41) is 8.85. The molecule has 0 bridgehead atoms. The molecule has 28 heavy (non-hydrogen) atoms. The zero-order valence-corrected chi connectivity index (χ0v) is 18.1. The van der Waals surface area contributed by atoms with Gasteiger partial charge in [0.05, 0.1) is 6.61 Å². The Morgan fingerprint density at radius 1 is 0.821 bits per heavy atom. The van der Waals surface area contributed by atoms with E-state index in [2.05, 4.69) is 31.2 Å². The van der Waals surface area contributed by atoms with Crippen molar-refractivity contribution in [1.29, 1.82) is 0 Å². The monoisotopic (exact) mass is 386 g/mol. The zero-order valence-electron chi connectivity index (χ0n) is 18.1. The predicted molar refractivity (Wildman–Crippen MR) is 118 cm³/mol. The molecule has 0 saturated heterocycles. The number of hydrogen-bond acceptors (Lipinski definition) is 2. The second-order valence-electron chi connectivity index (χ2n) is 9.38. The van der Waals surface area contributed by atoms with Crippen molar-refractivity contribution in [2.75, 3.05) is 13.2 Å². The third-order valence-corrected chi connectivity index (χ3v) is 7.47. The van der Waals surface area contributed by atoms with Crippen LogP contribution in [0, 0.1) is 17.8 Å². The van der Waals surface area contributed by atoms with Crippen molar-refractivity contribution in [2.45, 2.75) is 96.3 Å². The fourth-order valence-electron chi connectivity index (χ4n) is 5.65. The van der Waals surface area contributed by atoms with Gasteiger partial charge >= 0.3 is 0 Å². The van der Waals surface area contributed by atoms with Crippen LogP contribution in [0.4, 0.5) is 0 Å². The van der Waals surface area contributed by atoms with Crippen molar-refractivity contribution in [1.82, 2.24) is 0 Å². The molecule has 2 aliphatic rings. The van der Waals surface area contributed by atoms with E-state index < -0.39 is 0 Å². The molecule has 0 atom stereocenters. The third kappa shape index (κ3) is 6.51. The Morgan fingerprint density at radius 2 is 1.46 bits per heavy atom. The minimum atomic E-state index is 0.196. The number of aliphatic hydroxyl groups excluding tert-OH is 1. The number of ether oxygens (including phenoxy) is 1. The van der Waals surface area contributed by atoms with Crippen LogP contribution in [0.15, 0.2) is 24.3 Å². The second kappa shape index (κ2) is 11.9. The minimum Gasteiger partial charge on any atom is -0.494 e. The summed E-state index contributed by atoms with van der Waals surface area (Å²) >= 11 is 0. The summed E-state index contributed by atoms with van der Waals surface area (Å²) in [6.07, 6.45) is 18.1. The third-order valence-electron chi connectivity index (χ3n) is 7.47. The van der Waals surface area contributed by atoms with Gasteiger partial charge in [0.1, 0.15) is 5.75 Å². The SMILES string of the molecule is CCCCCC1CCC(C2CCC(c3ccc(OCCCO)cc3)CC2)CC1. The Labute approximate surface area is 173 Å². The van der Waals surface area contributed by atoms with Crippen LogP contribution in [0.5, 0.6) is 5.75 Å². The van der Waals surface area contributed by atoms with E-state index >= 15 is 0 Å². The lowest BCUT2D eigenvalue weighted by Crippen LogP contribution is -2.25. The molecule has 2 saturated carbocycles. The Kier molecular flexibility index (Phi) is 9.18. The summed E-state index contributed by atoms with van der Waals surface area (Å²) in [5.74, 6) is 4.73. The lowest BCUT2D eigenvalue weighted by atomic mass is 9.68. The first-order valence-corrected chi connectivity index (χ1v) is 12.1. The van der Waals surface area contributed by atoms with Gasteiger partial charge in [-0.15, -0.1) is 0 Å².